The van der Waals surface area contributed by atoms with E-state index in [9.17, 15) is 0 Å². The van der Waals surface area contributed by atoms with Crippen molar-refractivity contribution in [3.63, 3.8) is 0 Å². The minimum Gasteiger partial charge on any atom is -0.396 e. The molecular weight excluding hydrogens is 258 g/mol. The summed E-state index contributed by atoms with van der Waals surface area (Å²) in [6.45, 7) is 3.70. The lowest BCUT2D eigenvalue weighted by Crippen LogP contribution is -2.06. The van der Waals surface area contributed by atoms with E-state index in [1.807, 2.05) is 13.8 Å². The number of aryl methyl sites for hydroxylation is 2. The van der Waals surface area contributed by atoms with E-state index in [1.54, 1.807) is 16.9 Å². The average Bonchev–Trinajstić information content (AvgIpc) is 2.45. The molecule has 15 heavy (non-hydrogen) atoms. The first-order chi connectivity index (χ1) is 7.08. The number of rotatable bonds is 1. The quantitative estimate of drug-likeness (QED) is 0.853. The van der Waals surface area contributed by atoms with Crippen molar-refractivity contribution >= 4 is 21.6 Å². The predicted molar refractivity (Wildman–Crippen MR) is 60.7 cm³/mol. The van der Waals surface area contributed by atoms with Crippen LogP contribution in [0.25, 0.3) is 5.82 Å². The van der Waals surface area contributed by atoms with Gasteiger partial charge in [-0.3, -0.25) is 0 Å². The summed E-state index contributed by atoms with van der Waals surface area (Å²) in [4.78, 5) is 8.41. The molecule has 0 bridgehead atoms. The van der Waals surface area contributed by atoms with Gasteiger partial charge in [0, 0.05) is 10.7 Å². The Morgan fingerprint density at radius 1 is 1.40 bits per heavy atom. The third kappa shape index (κ3) is 1.85. The number of nitrogens with zero attached hydrogens (tertiary/aromatic N) is 4. The molecule has 0 saturated carbocycles. The van der Waals surface area contributed by atoms with Gasteiger partial charge in [0.15, 0.2) is 5.82 Å². The highest BCUT2D eigenvalue weighted by molar-refractivity contribution is 9.10. The first-order valence-corrected chi connectivity index (χ1v) is 5.19. The molecule has 2 heterocycles. The molecule has 0 aliphatic carbocycles. The zero-order chi connectivity index (χ0) is 11.0. The number of aromatic nitrogens is 4. The molecule has 0 aromatic carbocycles. The van der Waals surface area contributed by atoms with Gasteiger partial charge in [-0.05, 0) is 35.8 Å². The Hall–Kier alpha value is -1.43. The normalized spacial score (nSPS) is 10.6. The summed E-state index contributed by atoms with van der Waals surface area (Å²) in [5.41, 5.74) is 6.42. The van der Waals surface area contributed by atoms with Gasteiger partial charge in [-0.15, -0.1) is 5.10 Å². The standard InChI is InChI=1S/C9H10BrN5/c1-5-13-6(2)15(14-5)9-8(11)3-7(10)4-12-9/h3-4H,11H2,1-2H3. The summed E-state index contributed by atoms with van der Waals surface area (Å²) in [6, 6.07) is 1.79. The summed E-state index contributed by atoms with van der Waals surface area (Å²) in [5, 5.41) is 4.22. The number of anilines is 1. The highest BCUT2D eigenvalue weighted by atomic mass is 79.9. The summed E-state index contributed by atoms with van der Waals surface area (Å²) in [5.74, 6) is 2.09. The highest BCUT2D eigenvalue weighted by Gasteiger charge is 2.09. The van der Waals surface area contributed by atoms with Gasteiger partial charge >= 0.3 is 0 Å². The second-order valence-electron chi connectivity index (χ2n) is 3.18. The minimum absolute atomic E-state index is 0.567. The van der Waals surface area contributed by atoms with Crippen LogP contribution in [0.2, 0.25) is 0 Å². The maximum atomic E-state index is 5.85. The number of halogens is 1. The average molecular weight is 268 g/mol. The van der Waals surface area contributed by atoms with Crippen molar-refractivity contribution in [2.75, 3.05) is 5.73 Å². The molecule has 2 rings (SSSR count). The third-order valence-corrected chi connectivity index (χ3v) is 2.37. The van der Waals surface area contributed by atoms with Gasteiger partial charge in [0.25, 0.3) is 0 Å². The summed E-state index contributed by atoms with van der Waals surface area (Å²) in [7, 11) is 0. The number of hydrogen-bond acceptors (Lipinski definition) is 4. The molecule has 0 saturated heterocycles. The van der Waals surface area contributed by atoms with E-state index < -0.39 is 0 Å². The second kappa shape index (κ2) is 3.62. The molecule has 0 atom stereocenters. The molecular formula is C9H10BrN5. The minimum atomic E-state index is 0.567. The Labute approximate surface area is 95.5 Å². The van der Waals surface area contributed by atoms with Crippen molar-refractivity contribution in [3.05, 3.63) is 28.4 Å². The molecule has 0 aliphatic heterocycles. The summed E-state index contributed by atoms with van der Waals surface area (Å²) in [6.07, 6.45) is 1.68. The molecule has 6 heteroatoms. The lowest BCUT2D eigenvalue weighted by molar-refractivity contribution is 0.805. The van der Waals surface area contributed by atoms with Crippen LogP contribution in [0.3, 0.4) is 0 Å². The molecule has 0 fully saturated rings. The van der Waals surface area contributed by atoms with Crippen molar-refractivity contribution in [2.24, 2.45) is 0 Å². The number of nitrogens with two attached hydrogens (primary N) is 1. The largest absolute Gasteiger partial charge is 0.396 e. The van der Waals surface area contributed by atoms with Crippen LogP contribution in [0.4, 0.5) is 5.69 Å². The van der Waals surface area contributed by atoms with Crippen molar-refractivity contribution in [3.8, 4) is 5.82 Å². The van der Waals surface area contributed by atoms with Gasteiger partial charge in [-0.25, -0.2) is 9.97 Å². The monoisotopic (exact) mass is 267 g/mol. The Balaban J connectivity index is 2.59. The molecule has 5 nitrogen and oxygen atoms in total. The van der Waals surface area contributed by atoms with Crippen LogP contribution in [0.15, 0.2) is 16.7 Å². The Kier molecular flexibility index (Phi) is 2.44. The highest BCUT2D eigenvalue weighted by Crippen LogP contribution is 2.19. The van der Waals surface area contributed by atoms with E-state index >= 15 is 0 Å². The first kappa shape index (κ1) is 10.1. The molecule has 2 aromatic rings. The Morgan fingerprint density at radius 2 is 2.13 bits per heavy atom. The SMILES string of the molecule is Cc1nc(C)n(-c2ncc(Br)cc2N)n1. The van der Waals surface area contributed by atoms with E-state index in [4.69, 9.17) is 5.73 Å². The zero-order valence-corrected chi connectivity index (χ0v) is 9.98. The molecule has 2 aromatic heterocycles. The first-order valence-electron chi connectivity index (χ1n) is 4.39. The zero-order valence-electron chi connectivity index (χ0n) is 8.40. The van der Waals surface area contributed by atoms with E-state index in [0.29, 0.717) is 17.3 Å². The van der Waals surface area contributed by atoms with Gasteiger partial charge in [0.05, 0.1) is 5.69 Å². The van der Waals surface area contributed by atoms with E-state index in [0.717, 1.165) is 10.3 Å². The molecule has 0 amide bonds. The van der Waals surface area contributed by atoms with E-state index in [1.165, 1.54) is 0 Å². The van der Waals surface area contributed by atoms with Crippen LogP contribution in [0.5, 0.6) is 0 Å². The summed E-state index contributed by atoms with van der Waals surface area (Å²) < 4.78 is 2.48. The Bertz CT molecular complexity index is 505. The van der Waals surface area contributed by atoms with Gasteiger partial charge in [0.2, 0.25) is 0 Å². The van der Waals surface area contributed by atoms with Gasteiger partial charge in [-0.2, -0.15) is 4.68 Å². The lowest BCUT2D eigenvalue weighted by atomic mass is 10.4. The number of pyridine rings is 1. The molecule has 0 unspecified atom stereocenters. The smallest absolute Gasteiger partial charge is 0.178 e. The van der Waals surface area contributed by atoms with E-state index in [-0.39, 0.29) is 0 Å². The fraction of sp³-hybridized carbons (Fsp3) is 0.222. The number of hydrogen-bond donors (Lipinski definition) is 1. The number of nitrogen functional groups attached to an aromatic ring is 1. The fourth-order valence-corrected chi connectivity index (χ4v) is 1.70. The van der Waals surface area contributed by atoms with E-state index in [2.05, 4.69) is 31.0 Å². The van der Waals surface area contributed by atoms with Crippen LogP contribution in [0, 0.1) is 13.8 Å². The topological polar surface area (TPSA) is 69.6 Å². The van der Waals surface area contributed by atoms with Crippen LogP contribution in [-0.2, 0) is 0 Å². The Morgan fingerprint density at radius 3 is 2.67 bits per heavy atom. The lowest BCUT2D eigenvalue weighted by Gasteiger charge is -2.05. The van der Waals surface area contributed by atoms with Crippen LogP contribution in [-0.4, -0.2) is 19.7 Å². The molecule has 0 radical (unpaired) electrons. The van der Waals surface area contributed by atoms with Gasteiger partial charge in [0.1, 0.15) is 11.6 Å². The predicted octanol–water partition coefficient (Wildman–Crippen LogP) is 1.62. The second-order valence-corrected chi connectivity index (χ2v) is 4.10. The molecule has 2 N–H and O–H groups in total. The van der Waals surface area contributed by atoms with Crippen LogP contribution in [0.1, 0.15) is 11.6 Å². The van der Waals surface area contributed by atoms with Crippen molar-refractivity contribution in [1.82, 2.24) is 19.7 Å². The van der Waals surface area contributed by atoms with Crippen molar-refractivity contribution in [2.45, 2.75) is 13.8 Å². The maximum Gasteiger partial charge on any atom is 0.178 e. The maximum absolute atomic E-state index is 5.85. The van der Waals surface area contributed by atoms with Crippen LogP contribution >= 0.6 is 15.9 Å². The molecule has 0 aliphatic rings. The molecule has 78 valence electrons. The van der Waals surface area contributed by atoms with Crippen molar-refractivity contribution < 1.29 is 0 Å². The van der Waals surface area contributed by atoms with Crippen LogP contribution < -0.4 is 5.73 Å². The van der Waals surface area contributed by atoms with Gasteiger partial charge < -0.3 is 5.73 Å². The van der Waals surface area contributed by atoms with Crippen molar-refractivity contribution in [1.29, 1.82) is 0 Å². The summed E-state index contributed by atoms with van der Waals surface area (Å²) >= 11 is 3.30. The fourth-order valence-electron chi connectivity index (χ4n) is 1.35. The molecule has 0 spiro atoms. The third-order valence-electron chi connectivity index (χ3n) is 1.94. The van der Waals surface area contributed by atoms with Gasteiger partial charge in [-0.1, -0.05) is 0 Å².